The van der Waals surface area contributed by atoms with Crippen LogP contribution in [-0.2, 0) is 4.79 Å². The SMILES string of the molecule is COc1cc(/C=C(\C#N)C(=O)NC2CC2)ccc1OC(=O)c1cccs1. The van der Waals surface area contributed by atoms with Gasteiger partial charge >= 0.3 is 5.97 Å². The van der Waals surface area contributed by atoms with Crippen molar-refractivity contribution in [3.05, 3.63) is 51.7 Å². The molecule has 1 amide bonds. The van der Waals surface area contributed by atoms with Crippen molar-refractivity contribution in [2.45, 2.75) is 18.9 Å². The van der Waals surface area contributed by atoms with Gasteiger partial charge in [0.2, 0.25) is 0 Å². The summed E-state index contributed by atoms with van der Waals surface area (Å²) in [5, 5.41) is 13.8. The first-order valence-electron chi connectivity index (χ1n) is 7.97. The third-order valence-electron chi connectivity index (χ3n) is 3.70. The van der Waals surface area contributed by atoms with Crippen molar-refractivity contribution in [2.24, 2.45) is 0 Å². The second kappa shape index (κ2) is 7.85. The second-order valence-corrected chi connectivity index (χ2v) is 6.64. The molecule has 26 heavy (non-hydrogen) atoms. The van der Waals surface area contributed by atoms with Crippen LogP contribution in [-0.4, -0.2) is 25.0 Å². The molecule has 1 aromatic heterocycles. The van der Waals surface area contributed by atoms with Gasteiger partial charge in [0.05, 0.1) is 7.11 Å². The number of hydrogen-bond acceptors (Lipinski definition) is 6. The fourth-order valence-corrected chi connectivity index (χ4v) is 2.81. The summed E-state index contributed by atoms with van der Waals surface area (Å²) in [5.74, 6) is -0.252. The van der Waals surface area contributed by atoms with Crippen LogP contribution in [0, 0.1) is 11.3 Å². The second-order valence-electron chi connectivity index (χ2n) is 5.69. The Balaban J connectivity index is 1.79. The summed E-state index contributed by atoms with van der Waals surface area (Å²) >= 11 is 1.29. The highest BCUT2D eigenvalue weighted by Gasteiger charge is 2.24. The lowest BCUT2D eigenvalue weighted by Gasteiger charge is -2.09. The molecular weight excluding hydrogens is 352 g/mol. The highest BCUT2D eigenvalue weighted by atomic mass is 32.1. The van der Waals surface area contributed by atoms with Gasteiger partial charge in [0.1, 0.15) is 16.5 Å². The first-order chi connectivity index (χ1) is 12.6. The number of esters is 1. The van der Waals surface area contributed by atoms with Gasteiger partial charge in [-0.3, -0.25) is 4.79 Å². The van der Waals surface area contributed by atoms with Crippen molar-refractivity contribution in [3.8, 4) is 17.6 Å². The minimum atomic E-state index is -0.469. The number of carbonyl (C=O) groups is 2. The Labute approximate surface area is 154 Å². The minimum Gasteiger partial charge on any atom is -0.493 e. The molecule has 0 radical (unpaired) electrons. The maximum Gasteiger partial charge on any atom is 0.353 e. The molecular formula is C19H16N2O4S. The molecule has 3 rings (SSSR count). The fraction of sp³-hybridized carbons (Fsp3) is 0.211. The van der Waals surface area contributed by atoms with E-state index in [2.05, 4.69) is 5.32 Å². The number of hydrogen-bond donors (Lipinski definition) is 1. The number of carbonyl (C=O) groups excluding carboxylic acids is 2. The summed E-state index contributed by atoms with van der Waals surface area (Å²) < 4.78 is 10.6. The van der Waals surface area contributed by atoms with E-state index in [1.165, 1.54) is 24.5 Å². The number of rotatable bonds is 6. The zero-order valence-corrected chi connectivity index (χ0v) is 14.8. The number of thiophene rings is 1. The van der Waals surface area contributed by atoms with Gasteiger partial charge in [-0.05, 0) is 48.1 Å². The van der Waals surface area contributed by atoms with Crippen LogP contribution in [0.5, 0.6) is 11.5 Å². The molecule has 1 aliphatic rings. The number of amides is 1. The topological polar surface area (TPSA) is 88.4 Å². The molecule has 132 valence electrons. The summed E-state index contributed by atoms with van der Waals surface area (Å²) in [7, 11) is 1.45. The Kier molecular flexibility index (Phi) is 5.34. The average molecular weight is 368 g/mol. The molecule has 7 heteroatoms. The summed E-state index contributed by atoms with van der Waals surface area (Å²) in [6.45, 7) is 0. The molecule has 0 bridgehead atoms. The standard InChI is InChI=1S/C19H16N2O4S/c1-24-16-10-12(9-13(11-20)18(22)21-14-5-6-14)4-7-15(16)25-19(23)17-3-2-8-26-17/h2-4,7-10,14H,5-6H2,1H3,(H,21,22)/b13-9+. The van der Waals surface area contributed by atoms with Gasteiger partial charge in [0.15, 0.2) is 11.5 Å². The van der Waals surface area contributed by atoms with Gasteiger partial charge in [-0.25, -0.2) is 4.79 Å². The summed E-state index contributed by atoms with van der Waals surface area (Å²) in [6.07, 6.45) is 3.37. The zero-order valence-electron chi connectivity index (χ0n) is 14.0. The van der Waals surface area contributed by atoms with E-state index in [9.17, 15) is 14.9 Å². The molecule has 1 fully saturated rings. The quantitative estimate of drug-likeness (QED) is 0.366. The van der Waals surface area contributed by atoms with Crippen LogP contribution in [0.1, 0.15) is 28.1 Å². The lowest BCUT2D eigenvalue weighted by atomic mass is 10.1. The molecule has 0 spiro atoms. The molecule has 2 aromatic rings. The van der Waals surface area contributed by atoms with Crippen LogP contribution >= 0.6 is 11.3 Å². The first-order valence-corrected chi connectivity index (χ1v) is 8.85. The van der Waals surface area contributed by atoms with Crippen LogP contribution in [0.15, 0.2) is 41.3 Å². The van der Waals surface area contributed by atoms with Crippen molar-refractivity contribution < 1.29 is 19.1 Å². The fourth-order valence-electron chi connectivity index (χ4n) is 2.21. The lowest BCUT2D eigenvalue weighted by Crippen LogP contribution is -2.26. The van der Waals surface area contributed by atoms with E-state index in [-0.39, 0.29) is 23.3 Å². The van der Waals surface area contributed by atoms with Crippen LogP contribution in [0.2, 0.25) is 0 Å². The van der Waals surface area contributed by atoms with Gasteiger partial charge in [0.25, 0.3) is 5.91 Å². The normalized spacial score (nSPS) is 13.6. The number of benzene rings is 1. The molecule has 1 N–H and O–H groups in total. The summed E-state index contributed by atoms with van der Waals surface area (Å²) in [5.41, 5.74) is 0.613. The predicted octanol–water partition coefficient (Wildman–Crippen LogP) is 3.16. The number of methoxy groups -OCH3 is 1. The third-order valence-corrected chi connectivity index (χ3v) is 4.55. The molecule has 0 atom stereocenters. The molecule has 0 aliphatic heterocycles. The molecule has 1 aromatic carbocycles. The Bertz CT molecular complexity index is 893. The largest absolute Gasteiger partial charge is 0.493 e. The van der Waals surface area contributed by atoms with E-state index in [1.54, 1.807) is 35.7 Å². The van der Waals surface area contributed by atoms with Gasteiger partial charge in [-0.2, -0.15) is 5.26 Å². The monoisotopic (exact) mass is 368 g/mol. The van der Waals surface area contributed by atoms with Gasteiger partial charge in [-0.15, -0.1) is 11.3 Å². The van der Waals surface area contributed by atoms with Crippen molar-refractivity contribution in [2.75, 3.05) is 7.11 Å². The smallest absolute Gasteiger partial charge is 0.353 e. The number of nitrogens with zero attached hydrogens (tertiary/aromatic N) is 1. The summed E-state index contributed by atoms with van der Waals surface area (Å²) in [6, 6.07) is 10.4. The van der Waals surface area contributed by atoms with Crippen LogP contribution in [0.25, 0.3) is 6.08 Å². The molecule has 0 saturated heterocycles. The van der Waals surface area contributed by atoms with Crippen LogP contribution < -0.4 is 14.8 Å². The molecule has 1 aliphatic carbocycles. The van der Waals surface area contributed by atoms with Crippen LogP contribution in [0.3, 0.4) is 0 Å². The van der Waals surface area contributed by atoms with Crippen molar-refractivity contribution in [1.82, 2.24) is 5.32 Å². The van der Waals surface area contributed by atoms with Crippen molar-refractivity contribution >= 4 is 29.3 Å². The van der Waals surface area contributed by atoms with E-state index in [0.717, 1.165) is 12.8 Å². The Morgan fingerprint density at radius 1 is 1.31 bits per heavy atom. The maximum absolute atomic E-state index is 12.1. The molecule has 1 heterocycles. The van der Waals surface area contributed by atoms with Gasteiger partial charge in [0, 0.05) is 6.04 Å². The maximum atomic E-state index is 12.1. The van der Waals surface area contributed by atoms with Crippen molar-refractivity contribution in [3.63, 3.8) is 0 Å². The van der Waals surface area contributed by atoms with E-state index in [0.29, 0.717) is 16.2 Å². The minimum absolute atomic E-state index is 0.0160. The van der Waals surface area contributed by atoms with E-state index in [4.69, 9.17) is 9.47 Å². The Hall–Kier alpha value is -3.11. The molecule has 1 saturated carbocycles. The summed E-state index contributed by atoms with van der Waals surface area (Å²) in [4.78, 5) is 24.6. The molecule has 6 nitrogen and oxygen atoms in total. The van der Waals surface area contributed by atoms with Crippen molar-refractivity contribution in [1.29, 1.82) is 5.26 Å². The number of nitrogens with one attached hydrogen (secondary N) is 1. The Morgan fingerprint density at radius 2 is 2.12 bits per heavy atom. The van der Waals surface area contributed by atoms with Gasteiger partial charge in [-0.1, -0.05) is 12.1 Å². The lowest BCUT2D eigenvalue weighted by molar-refractivity contribution is -0.117. The number of nitriles is 1. The Morgan fingerprint density at radius 3 is 2.73 bits per heavy atom. The van der Waals surface area contributed by atoms with E-state index >= 15 is 0 Å². The third kappa shape index (κ3) is 4.29. The van der Waals surface area contributed by atoms with E-state index < -0.39 is 5.97 Å². The average Bonchev–Trinajstić information content (AvgIpc) is 3.28. The highest BCUT2D eigenvalue weighted by molar-refractivity contribution is 7.12. The number of ether oxygens (including phenoxy) is 2. The highest BCUT2D eigenvalue weighted by Crippen LogP contribution is 2.30. The predicted molar refractivity (Wildman–Crippen MR) is 97.0 cm³/mol. The zero-order chi connectivity index (χ0) is 18.5. The van der Waals surface area contributed by atoms with E-state index in [1.807, 2.05) is 6.07 Å². The first kappa shape index (κ1) is 17.7. The van der Waals surface area contributed by atoms with Crippen LogP contribution in [0.4, 0.5) is 0 Å². The van der Waals surface area contributed by atoms with Gasteiger partial charge < -0.3 is 14.8 Å². The molecule has 0 unspecified atom stereocenters.